The first-order valence-electron chi connectivity index (χ1n) is 7.07. The van der Waals surface area contributed by atoms with Crippen molar-refractivity contribution in [2.75, 3.05) is 13.1 Å². The lowest BCUT2D eigenvalue weighted by atomic mass is 9.86. The van der Waals surface area contributed by atoms with Crippen LogP contribution in [-0.2, 0) is 12.1 Å². The zero-order valence-electron chi connectivity index (χ0n) is 11.5. The number of amidine groups is 1. The van der Waals surface area contributed by atoms with Gasteiger partial charge in [-0.25, -0.2) is 4.39 Å². The van der Waals surface area contributed by atoms with Gasteiger partial charge in [-0.05, 0) is 17.7 Å². The molecule has 2 heterocycles. The minimum atomic E-state index is -1.23. The normalized spacial score (nSPS) is 23.5. The number of halogens is 1. The van der Waals surface area contributed by atoms with E-state index in [1.165, 1.54) is 12.1 Å². The zero-order chi connectivity index (χ0) is 14.4. The Labute approximate surface area is 122 Å². The van der Waals surface area contributed by atoms with Crippen molar-refractivity contribution in [1.82, 2.24) is 4.90 Å². The maximum absolute atomic E-state index is 13.6. The van der Waals surface area contributed by atoms with Gasteiger partial charge in [0.15, 0.2) is 5.72 Å². The van der Waals surface area contributed by atoms with Crippen LogP contribution in [0.2, 0.25) is 0 Å². The molecule has 0 spiro atoms. The molecule has 2 aliphatic heterocycles. The van der Waals surface area contributed by atoms with Gasteiger partial charge in [-0.2, -0.15) is 0 Å². The standard InChI is InChI=1S/C17H15FN2O/c18-14-6-3-5-13(10-14)17(21)11-12-4-1-2-7-15(12)16-19-8-9-20(16)17/h1-7,10,21H,8-9,11H2. The van der Waals surface area contributed by atoms with Gasteiger partial charge in [0.25, 0.3) is 0 Å². The summed E-state index contributed by atoms with van der Waals surface area (Å²) in [5.41, 5.74) is 1.45. The zero-order valence-corrected chi connectivity index (χ0v) is 11.5. The van der Waals surface area contributed by atoms with Crippen LogP contribution in [0.4, 0.5) is 4.39 Å². The van der Waals surface area contributed by atoms with Gasteiger partial charge < -0.3 is 10.0 Å². The molecule has 0 saturated heterocycles. The van der Waals surface area contributed by atoms with E-state index in [1.54, 1.807) is 12.1 Å². The van der Waals surface area contributed by atoms with Gasteiger partial charge in [-0.1, -0.05) is 36.4 Å². The average molecular weight is 282 g/mol. The molecule has 4 rings (SSSR count). The second kappa shape index (κ2) is 4.40. The molecule has 0 aromatic heterocycles. The number of benzene rings is 2. The van der Waals surface area contributed by atoms with Crippen molar-refractivity contribution < 1.29 is 9.50 Å². The molecule has 21 heavy (non-hydrogen) atoms. The third-order valence-corrected chi connectivity index (χ3v) is 4.27. The van der Waals surface area contributed by atoms with Gasteiger partial charge in [-0.15, -0.1) is 0 Å². The molecular formula is C17H15FN2O. The number of aliphatic imine (C=N–C) groups is 1. The van der Waals surface area contributed by atoms with Crippen molar-refractivity contribution >= 4 is 5.84 Å². The molecular weight excluding hydrogens is 267 g/mol. The Hall–Kier alpha value is -2.20. The van der Waals surface area contributed by atoms with Crippen molar-refractivity contribution in [2.45, 2.75) is 12.1 Å². The van der Waals surface area contributed by atoms with Crippen LogP contribution < -0.4 is 0 Å². The SMILES string of the molecule is OC1(c2cccc(F)c2)Cc2ccccc2C2=NCCN21. The average Bonchev–Trinajstić information content (AvgIpc) is 2.98. The lowest BCUT2D eigenvalue weighted by Gasteiger charge is -2.43. The highest BCUT2D eigenvalue weighted by Crippen LogP contribution is 2.38. The minimum Gasteiger partial charge on any atom is -0.366 e. The van der Waals surface area contributed by atoms with E-state index in [2.05, 4.69) is 4.99 Å². The first-order chi connectivity index (χ1) is 10.2. The van der Waals surface area contributed by atoms with E-state index in [0.29, 0.717) is 25.1 Å². The predicted octanol–water partition coefficient (Wildman–Crippen LogP) is 2.29. The van der Waals surface area contributed by atoms with Gasteiger partial charge in [0.1, 0.15) is 11.7 Å². The smallest absolute Gasteiger partial charge is 0.169 e. The maximum Gasteiger partial charge on any atom is 0.169 e. The fraction of sp³-hybridized carbons (Fsp3) is 0.235. The summed E-state index contributed by atoms with van der Waals surface area (Å²) < 4.78 is 13.6. The monoisotopic (exact) mass is 282 g/mol. The molecule has 2 aliphatic rings. The van der Waals surface area contributed by atoms with Gasteiger partial charge in [-0.3, -0.25) is 4.99 Å². The highest BCUT2D eigenvalue weighted by atomic mass is 19.1. The number of rotatable bonds is 1. The molecule has 106 valence electrons. The van der Waals surface area contributed by atoms with Gasteiger partial charge >= 0.3 is 0 Å². The summed E-state index contributed by atoms with van der Waals surface area (Å²) in [6, 6.07) is 14.2. The molecule has 3 nitrogen and oxygen atoms in total. The molecule has 0 fully saturated rings. The third-order valence-electron chi connectivity index (χ3n) is 4.27. The fourth-order valence-corrected chi connectivity index (χ4v) is 3.29. The van der Waals surface area contributed by atoms with Crippen LogP contribution in [0.1, 0.15) is 16.7 Å². The van der Waals surface area contributed by atoms with Crippen molar-refractivity contribution in [3.63, 3.8) is 0 Å². The van der Waals surface area contributed by atoms with Crippen LogP contribution in [0.5, 0.6) is 0 Å². The Morgan fingerprint density at radius 2 is 2.00 bits per heavy atom. The Kier molecular flexibility index (Phi) is 2.62. The molecule has 1 N–H and O–H groups in total. The second-order valence-electron chi connectivity index (χ2n) is 5.52. The van der Waals surface area contributed by atoms with E-state index in [0.717, 1.165) is 17.0 Å². The lowest BCUT2D eigenvalue weighted by molar-refractivity contribution is -0.0747. The van der Waals surface area contributed by atoms with E-state index >= 15 is 0 Å². The molecule has 0 aliphatic carbocycles. The summed E-state index contributed by atoms with van der Waals surface area (Å²) in [6.07, 6.45) is 0.436. The van der Waals surface area contributed by atoms with E-state index in [-0.39, 0.29) is 5.82 Å². The first kappa shape index (κ1) is 12.5. The topological polar surface area (TPSA) is 35.8 Å². The Morgan fingerprint density at radius 1 is 1.14 bits per heavy atom. The predicted molar refractivity (Wildman–Crippen MR) is 78.6 cm³/mol. The largest absolute Gasteiger partial charge is 0.366 e. The molecule has 4 heteroatoms. The van der Waals surface area contributed by atoms with Crippen LogP contribution >= 0.6 is 0 Å². The van der Waals surface area contributed by atoms with E-state index in [9.17, 15) is 9.50 Å². The molecule has 0 radical (unpaired) electrons. The summed E-state index contributed by atoms with van der Waals surface area (Å²) in [5, 5.41) is 11.3. The van der Waals surface area contributed by atoms with Gasteiger partial charge in [0.05, 0.1) is 6.54 Å². The van der Waals surface area contributed by atoms with E-state index in [4.69, 9.17) is 0 Å². The number of nitrogens with zero attached hydrogens (tertiary/aromatic N) is 2. The van der Waals surface area contributed by atoms with Crippen molar-refractivity contribution in [3.8, 4) is 0 Å². The van der Waals surface area contributed by atoms with E-state index in [1.807, 2.05) is 29.2 Å². The molecule has 0 amide bonds. The van der Waals surface area contributed by atoms with Crippen LogP contribution in [0.3, 0.4) is 0 Å². The third kappa shape index (κ3) is 1.79. The van der Waals surface area contributed by atoms with E-state index < -0.39 is 5.72 Å². The molecule has 1 atom stereocenters. The Balaban J connectivity index is 1.90. The summed E-state index contributed by atoms with van der Waals surface area (Å²) in [4.78, 5) is 6.42. The number of hydrogen-bond donors (Lipinski definition) is 1. The van der Waals surface area contributed by atoms with Crippen LogP contribution in [0.25, 0.3) is 0 Å². The molecule has 0 bridgehead atoms. The van der Waals surface area contributed by atoms with Gasteiger partial charge in [0, 0.05) is 24.1 Å². The quantitative estimate of drug-likeness (QED) is 0.871. The van der Waals surface area contributed by atoms with Crippen LogP contribution in [0, 0.1) is 5.82 Å². The highest BCUT2D eigenvalue weighted by Gasteiger charge is 2.44. The number of fused-ring (bicyclic) bond motifs is 3. The van der Waals surface area contributed by atoms with Crippen LogP contribution in [-0.4, -0.2) is 28.9 Å². The molecule has 2 aromatic carbocycles. The fourth-order valence-electron chi connectivity index (χ4n) is 3.29. The molecule has 0 saturated carbocycles. The number of hydrogen-bond acceptors (Lipinski definition) is 3. The molecule has 1 unspecified atom stereocenters. The summed E-state index contributed by atoms with van der Waals surface area (Å²) >= 11 is 0. The Morgan fingerprint density at radius 3 is 2.86 bits per heavy atom. The van der Waals surface area contributed by atoms with Crippen LogP contribution in [0.15, 0.2) is 53.5 Å². The second-order valence-corrected chi connectivity index (χ2v) is 5.52. The molecule has 2 aromatic rings. The summed E-state index contributed by atoms with van der Waals surface area (Å²) in [6.45, 7) is 1.30. The Bertz CT molecular complexity index is 743. The van der Waals surface area contributed by atoms with Crippen molar-refractivity contribution in [3.05, 3.63) is 71.0 Å². The van der Waals surface area contributed by atoms with Gasteiger partial charge in [0.2, 0.25) is 0 Å². The summed E-state index contributed by atoms with van der Waals surface area (Å²) in [5.74, 6) is 0.473. The van der Waals surface area contributed by atoms with Crippen molar-refractivity contribution in [1.29, 1.82) is 0 Å². The van der Waals surface area contributed by atoms with Crippen molar-refractivity contribution in [2.24, 2.45) is 4.99 Å². The first-order valence-corrected chi connectivity index (χ1v) is 7.07. The number of aliphatic hydroxyl groups is 1. The minimum absolute atomic E-state index is 0.336. The summed E-state index contributed by atoms with van der Waals surface area (Å²) in [7, 11) is 0. The highest BCUT2D eigenvalue weighted by molar-refractivity contribution is 6.02. The lowest BCUT2D eigenvalue weighted by Crippen LogP contribution is -2.53. The maximum atomic E-state index is 13.6.